The number of aromatic nitrogens is 4. The first-order chi connectivity index (χ1) is 54.9. The maximum atomic E-state index is 5.91. The molecule has 0 fully saturated rings. The van der Waals surface area contributed by atoms with Crippen LogP contribution in [0.1, 0.15) is 414 Å². The zero-order chi connectivity index (χ0) is 79.8. The number of fused-ring (bicyclic) bond motifs is 8. The predicted molar refractivity (Wildman–Crippen MR) is 519 cm³/mol. The third kappa shape index (κ3) is 30.4. The van der Waals surface area contributed by atoms with Crippen molar-refractivity contribution in [2.75, 3.05) is 0 Å². The van der Waals surface area contributed by atoms with Crippen molar-refractivity contribution in [3.8, 4) is 22.3 Å². The van der Waals surface area contributed by atoms with Crippen LogP contribution in [-0.2, 0) is 0 Å². The molecule has 0 saturated heterocycles. The molecule has 8 heteroatoms. The van der Waals surface area contributed by atoms with Gasteiger partial charge in [-0.1, -0.05) is 521 Å². The normalized spacial score (nSPS) is 12.8. The first-order valence-electron chi connectivity index (χ1n) is 49.4. The maximum absolute atomic E-state index is 5.91. The highest BCUT2D eigenvalue weighted by molar-refractivity contribution is 6.95. The molecule has 2 N–H and O–H groups in total. The molecule has 0 atom stereocenters. The lowest BCUT2D eigenvalue weighted by Crippen LogP contribution is -2.53. The molecule has 5 aromatic rings. The standard InChI is InChI=1S/C104H174N4Si4/c1-13-25-37-49-69-109(70-50-38-26-14-2,71-51-39-27-15-3)95-81-89(82-96(87-95)110(72-52-40-28-16-4,73-53-41-29-17-5)74-54-42-30-18-6)103-99-65-61-91(105-99)85-93-63-67-101(107-93)104(102-68-64-94(108-102)86-92-62-66-100(103)106-92)90-83-97(111(75-55-43-31-19-7,76-56-44-32-20-8)77-57-45-33-21-9)88-98(84-90)112(78-58-46-34-22-10,79-59-47-35-23-11)80-60-48-36-24-12/h61-68,81-88,105-106H,13-60,69-80H2,1-12H3. The van der Waals surface area contributed by atoms with Gasteiger partial charge < -0.3 is 9.97 Å². The largest absolute Gasteiger partial charge is 0.355 e. The molecule has 0 saturated carbocycles. The average Bonchev–Trinajstić information content (AvgIpc) is 1.15. The van der Waals surface area contributed by atoms with Gasteiger partial charge in [-0.3, -0.25) is 0 Å². The fourth-order valence-corrected chi connectivity index (χ4v) is 41.9. The van der Waals surface area contributed by atoms with Crippen molar-refractivity contribution >= 4 is 99.4 Å². The first kappa shape index (κ1) is 95.1. The van der Waals surface area contributed by atoms with Gasteiger partial charge in [-0.05, 0) is 71.8 Å². The summed E-state index contributed by atoms with van der Waals surface area (Å²) in [7, 11) is -8.28. The summed E-state index contributed by atoms with van der Waals surface area (Å²) in [4.78, 5) is 20.3. The van der Waals surface area contributed by atoms with Gasteiger partial charge in [0.05, 0.1) is 55.1 Å². The van der Waals surface area contributed by atoms with E-state index in [2.05, 4.69) is 190 Å². The van der Waals surface area contributed by atoms with E-state index in [9.17, 15) is 0 Å². The van der Waals surface area contributed by atoms with Gasteiger partial charge in [0, 0.05) is 33.2 Å². The van der Waals surface area contributed by atoms with Gasteiger partial charge in [0.25, 0.3) is 0 Å². The van der Waals surface area contributed by atoms with Crippen LogP contribution in [0.5, 0.6) is 0 Å². The van der Waals surface area contributed by atoms with Gasteiger partial charge in [-0.25, -0.2) is 9.97 Å². The summed E-state index contributed by atoms with van der Waals surface area (Å²) in [5.41, 5.74) is 14.4. The van der Waals surface area contributed by atoms with Crippen LogP contribution in [-0.4, -0.2) is 52.2 Å². The van der Waals surface area contributed by atoms with Crippen molar-refractivity contribution in [2.24, 2.45) is 0 Å². The molecule has 0 amide bonds. The van der Waals surface area contributed by atoms with E-state index in [0.717, 1.165) is 33.8 Å². The second kappa shape index (κ2) is 54.8. The molecule has 5 heterocycles. The van der Waals surface area contributed by atoms with Gasteiger partial charge in [0.2, 0.25) is 0 Å². The van der Waals surface area contributed by atoms with Crippen LogP contribution in [0, 0.1) is 0 Å². The molecule has 0 aliphatic carbocycles. The molecular formula is C104H174N4Si4. The van der Waals surface area contributed by atoms with Gasteiger partial charge >= 0.3 is 0 Å². The zero-order valence-corrected chi connectivity index (χ0v) is 79.6. The molecule has 0 unspecified atom stereocenters. The minimum Gasteiger partial charge on any atom is -0.355 e. The second-order valence-electron chi connectivity index (χ2n) is 36.7. The second-order valence-corrected chi connectivity index (χ2v) is 55.2. The molecule has 8 bridgehead atoms. The molecule has 7 rings (SSSR count). The lowest BCUT2D eigenvalue weighted by atomic mass is 10.0. The molecule has 2 aliphatic heterocycles. The van der Waals surface area contributed by atoms with Crippen LogP contribution in [0.3, 0.4) is 0 Å². The molecule has 4 nitrogen and oxygen atoms in total. The minimum absolute atomic E-state index is 1.03. The van der Waals surface area contributed by atoms with Crippen LogP contribution in [0.15, 0.2) is 72.8 Å². The number of hydrogen-bond acceptors (Lipinski definition) is 2. The molecule has 2 aromatic carbocycles. The van der Waals surface area contributed by atoms with E-state index in [0.29, 0.717) is 0 Å². The van der Waals surface area contributed by atoms with E-state index in [1.165, 1.54) is 414 Å². The number of aromatic amines is 2. The summed E-state index contributed by atoms with van der Waals surface area (Å²) >= 11 is 0. The third-order valence-corrected chi connectivity index (χ3v) is 49.2. The van der Waals surface area contributed by atoms with E-state index in [-0.39, 0.29) is 0 Å². The van der Waals surface area contributed by atoms with Crippen molar-refractivity contribution in [1.82, 2.24) is 19.9 Å². The van der Waals surface area contributed by atoms with Crippen molar-refractivity contribution < 1.29 is 0 Å². The number of rotatable bonds is 66. The lowest BCUT2D eigenvalue weighted by Gasteiger charge is -2.38. The molecule has 2 aliphatic rings. The van der Waals surface area contributed by atoms with Gasteiger partial charge in [0.1, 0.15) is 0 Å². The van der Waals surface area contributed by atoms with Crippen LogP contribution >= 0.6 is 0 Å². The Labute approximate surface area is 696 Å². The number of H-pyrrole nitrogens is 2. The Hall–Kier alpha value is -4.09. The Morgan fingerprint density at radius 2 is 0.420 bits per heavy atom. The van der Waals surface area contributed by atoms with Crippen LogP contribution in [0.4, 0.5) is 0 Å². The number of hydrogen-bond donors (Lipinski definition) is 2. The Morgan fingerprint density at radius 3 is 0.625 bits per heavy atom. The highest BCUT2D eigenvalue weighted by Gasteiger charge is 2.41. The summed E-state index contributed by atoms with van der Waals surface area (Å²) in [6, 6.07) is 49.3. The highest BCUT2D eigenvalue weighted by atomic mass is 28.3. The Morgan fingerprint density at radius 1 is 0.214 bits per heavy atom. The van der Waals surface area contributed by atoms with E-state index in [4.69, 9.17) is 9.97 Å². The van der Waals surface area contributed by atoms with Gasteiger partial charge in [0.15, 0.2) is 0 Å². The number of nitrogens with one attached hydrogen (secondary N) is 2. The lowest BCUT2D eigenvalue weighted by molar-refractivity contribution is 0.667. The Bertz CT molecular complexity index is 3240. The fraction of sp³-hybridized carbons (Fsp3) is 0.692. The predicted octanol–water partition coefficient (Wildman–Crippen LogP) is 33.6. The number of unbranched alkanes of at least 4 members (excludes halogenated alkanes) is 36. The maximum Gasteiger partial charge on any atom is 0.0867 e. The summed E-state index contributed by atoms with van der Waals surface area (Å²) in [6.07, 6.45) is 74.4. The van der Waals surface area contributed by atoms with Crippen molar-refractivity contribution in [2.45, 2.75) is 464 Å². The quantitative estimate of drug-likeness (QED) is 0.0295. The van der Waals surface area contributed by atoms with Gasteiger partial charge in [-0.2, -0.15) is 0 Å². The Kier molecular flexibility index (Phi) is 46.5. The molecule has 0 spiro atoms. The molecule has 112 heavy (non-hydrogen) atoms. The zero-order valence-electron chi connectivity index (χ0n) is 75.6. The summed E-state index contributed by atoms with van der Waals surface area (Å²) in [5.74, 6) is 0. The van der Waals surface area contributed by atoms with E-state index in [1.54, 1.807) is 0 Å². The van der Waals surface area contributed by atoms with E-state index in [1.807, 2.05) is 20.7 Å². The third-order valence-electron chi connectivity index (χ3n) is 27.4. The summed E-state index contributed by atoms with van der Waals surface area (Å²) in [6.45, 7) is 29.0. The van der Waals surface area contributed by atoms with Crippen LogP contribution < -0.4 is 20.7 Å². The van der Waals surface area contributed by atoms with Gasteiger partial charge in [-0.15, -0.1) is 0 Å². The Balaban J connectivity index is 1.61. The number of nitrogens with zero attached hydrogens (tertiary/aromatic N) is 2. The molecule has 3 aromatic heterocycles. The molecule has 626 valence electrons. The molecule has 0 radical (unpaired) electrons. The van der Waals surface area contributed by atoms with Crippen LogP contribution in [0.2, 0.25) is 72.5 Å². The minimum atomic E-state index is -2.08. The van der Waals surface area contributed by atoms with Crippen molar-refractivity contribution in [1.29, 1.82) is 0 Å². The van der Waals surface area contributed by atoms with E-state index < -0.39 is 32.3 Å². The molecular weight excluding hydrogens is 1420 g/mol. The topological polar surface area (TPSA) is 57.4 Å². The summed E-state index contributed by atoms with van der Waals surface area (Å²) in [5, 5.41) is 7.29. The monoisotopic (exact) mass is 1590 g/mol. The van der Waals surface area contributed by atoms with Crippen LogP contribution in [0.25, 0.3) is 68.6 Å². The average molecular weight is 1590 g/mol. The summed E-state index contributed by atoms with van der Waals surface area (Å²) < 4.78 is 0. The van der Waals surface area contributed by atoms with Crippen molar-refractivity contribution in [3.05, 3.63) is 95.6 Å². The fourth-order valence-electron chi connectivity index (χ4n) is 20.4. The highest BCUT2D eigenvalue weighted by Crippen LogP contribution is 2.41. The SMILES string of the molecule is CCCCCC[Si](CCCCCC)(CCCCCC)c1cc(-c2c3nc(cc4ccc([nH]4)c(-c4cc([Si](CCCCCC)(CCCCCC)CCCCCC)cc([Si](CCCCCC)(CCCCCC)CCCCCC)c4)c4ccc(cc5nc2C=C5)[nH]4)C=C3)cc([Si](CCCCCC)(CCCCCC)CCCCCC)c1. The smallest absolute Gasteiger partial charge is 0.0867 e. The first-order valence-corrected chi connectivity index (χ1v) is 59.9. The van der Waals surface area contributed by atoms with E-state index >= 15 is 0 Å². The number of benzene rings is 2. The van der Waals surface area contributed by atoms with Crippen molar-refractivity contribution in [3.63, 3.8) is 0 Å².